The van der Waals surface area contributed by atoms with E-state index in [0.29, 0.717) is 10.8 Å². The predicted octanol–water partition coefficient (Wildman–Crippen LogP) is 4.90. The quantitative estimate of drug-likeness (QED) is 0.537. The van der Waals surface area contributed by atoms with Crippen LogP contribution in [0.5, 0.6) is 5.75 Å². The van der Waals surface area contributed by atoms with Crippen molar-refractivity contribution in [1.82, 2.24) is 0 Å². The molecule has 0 radical (unpaired) electrons. The molecule has 0 heterocycles. The summed E-state index contributed by atoms with van der Waals surface area (Å²) < 4.78 is 18.9. The predicted molar refractivity (Wildman–Crippen MR) is 114 cm³/mol. The lowest BCUT2D eigenvalue weighted by molar-refractivity contribution is 0.102. The number of thiocarbonyl (C=S) groups is 1. The second kappa shape index (κ2) is 8.96. The maximum atomic E-state index is 13.7. The maximum Gasteiger partial charge on any atom is 0.258 e. The lowest BCUT2D eigenvalue weighted by Gasteiger charge is -2.12. The minimum Gasteiger partial charge on any atom is -0.497 e. The molecule has 0 aromatic heterocycles. The smallest absolute Gasteiger partial charge is 0.258 e. The molecule has 0 aliphatic carbocycles. The molecule has 3 aromatic rings. The highest BCUT2D eigenvalue weighted by molar-refractivity contribution is 7.80. The van der Waals surface area contributed by atoms with Crippen LogP contribution in [-0.2, 0) is 0 Å². The number of ether oxygens (including phenoxy) is 1. The molecule has 0 saturated carbocycles. The van der Waals surface area contributed by atoms with E-state index in [9.17, 15) is 9.18 Å². The molecule has 0 aliphatic rings. The first-order valence-electron chi connectivity index (χ1n) is 8.43. The van der Waals surface area contributed by atoms with Crippen LogP contribution in [0.3, 0.4) is 0 Å². The third-order valence-corrected chi connectivity index (χ3v) is 4.05. The Labute approximate surface area is 167 Å². The van der Waals surface area contributed by atoms with Crippen molar-refractivity contribution in [2.24, 2.45) is 0 Å². The van der Waals surface area contributed by atoms with E-state index in [1.165, 1.54) is 18.2 Å². The molecule has 142 valence electrons. The van der Waals surface area contributed by atoms with Gasteiger partial charge in [-0.15, -0.1) is 0 Å². The maximum absolute atomic E-state index is 13.7. The zero-order valence-electron chi connectivity index (χ0n) is 15.0. The topological polar surface area (TPSA) is 62.4 Å². The monoisotopic (exact) mass is 395 g/mol. The Morgan fingerprint density at radius 3 is 2.18 bits per heavy atom. The van der Waals surface area contributed by atoms with E-state index in [0.717, 1.165) is 17.1 Å². The van der Waals surface area contributed by atoms with Crippen LogP contribution in [0.25, 0.3) is 0 Å². The van der Waals surface area contributed by atoms with Crippen LogP contribution >= 0.6 is 12.2 Å². The van der Waals surface area contributed by atoms with Crippen LogP contribution in [-0.4, -0.2) is 18.1 Å². The second-order valence-electron chi connectivity index (χ2n) is 5.82. The molecule has 0 spiro atoms. The first-order valence-corrected chi connectivity index (χ1v) is 8.84. The molecular weight excluding hydrogens is 377 g/mol. The Morgan fingerprint density at radius 1 is 0.857 bits per heavy atom. The van der Waals surface area contributed by atoms with Crippen LogP contribution in [0.4, 0.5) is 21.5 Å². The van der Waals surface area contributed by atoms with Crippen molar-refractivity contribution < 1.29 is 13.9 Å². The SMILES string of the molecule is COc1cccc(NC(=S)Nc2ccc(NC(=O)c3ccccc3F)cc2)c1. The van der Waals surface area contributed by atoms with Crippen molar-refractivity contribution in [2.75, 3.05) is 23.1 Å². The van der Waals surface area contributed by atoms with Gasteiger partial charge in [0.25, 0.3) is 5.91 Å². The fourth-order valence-electron chi connectivity index (χ4n) is 2.47. The zero-order valence-corrected chi connectivity index (χ0v) is 15.8. The molecule has 0 unspecified atom stereocenters. The van der Waals surface area contributed by atoms with Gasteiger partial charge in [-0.1, -0.05) is 18.2 Å². The van der Waals surface area contributed by atoms with Crippen LogP contribution in [0.2, 0.25) is 0 Å². The van der Waals surface area contributed by atoms with Gasteiger partial charge in [0.2, 0.25) is 0 Å². The minimum absolute atomic E-state index is 0.00614. The van der Waals surface area contributed by atoms with E-state index < -0.39 is 11.7 Å². The number of hydrogen-bond acceptors (Lipinski definition) is 3. The van der Waals surface area contributed by atoms with Crippen molar-refractivity contribution in [3.05, 3.63) is 84.2 Å². The van der Waals surface area contributed by atoms with Gasteiger partial charge in [0.1, 0.15) is 11.6 Å². The lowest BCUT2D eigenvalue weighted by atomic mass is 10.2. The Morgan fingerprint density at radius 2 is 1.50 bits per heavy atom. The Balaban J connectivity index is 1.58. The summed E-state index contributed by atoms with van der Waals surface area (Å²) in [7, 11) is 1.60. The molecule has 0 aliphatic heterocycles. The third-order valence-electron chi connectivity index (χ3n) is 3.85. The molecule has 7 heteroatoms. The average molecular weight is 395 g/mol. The molecule has 5 nitrogen and oxygen atoms in total. The highest BCUT2D eigenvalue weighted by Gasteiger charge is 2.10. The lowest BCUT2D eigenvalue weighted by Crippen LogP contribution is -2.19. The number of amides is 1. The van der Waals surface area contributed by atoms with E-state index in [1.54, 1.807) is 37.4 Å². The van der Waals surface area contributed by atoms with Crippen LogP contribution in [0.15, 0.2) is 72.8 Å². The molecular formula is C21H18FN3O2S. The van der Waals surface area contributed by atoms with Crippen molar-refractivity contribution in [1.29, 1.82) is 0 Å². The molecule has 0 atom stereocenters. The molecule has 0 fully saturated rings. The van der Waals surface area contributed by atoms with E-state index in [2.05, 4.69) is 16.0 Å². The van der Waals surface area contributed by atoms with Crippen molar-refractivity contribution >= 4 is 40.3 Å². The van der Waals surface area contributed by atoms with E-state index in [4.69, 9.17) is 17.0 Å². The zero-order chi connectivity index (χ0) is 19.9. The summed E-state index contributed by atoms with van der Waals surface area (Å²) in [6, 6.07) is 20.2. The van der Waals surface area contributed by atoms with Crippen molar-refractivity contribution in [2.45, 2.75) is 0 Å². The molecule has 3 aromatic carbocycles. The van der Waals surface area contributed by atoms with Gasteiger partial charge in [0, 0.05) is 23.1 Å². The van der Waals surface area contributed by atoms with Crippen molar-refractivity contribution in [3.63, 3.8) is 0 Å². The van der Waals surface area contributed by atoms with Gasteiger partial charge < -0.3 is 20.7 Å². The first kappa shape index (κ1) is 19.3. The fourth-order valence-corrected chi connectivity index (χ4v) is 2.71. The number of hydrogen-bond donors (Lipinski definition) is 3. The van der Waals surface area contributed by atoms with Gasteiger partial charge in [-0.25, -0.2) is 4.39 Å². The van der Waals surface area contributed by atoms with Gasteiger partial charge >= 0.3 is 0 Å². The van der Waals surface area contributed by atoms with Crippen LogP contribution < -0.4 is 20.7 Å². The van der Waals surface area contributed by atoms with Crippen molar-refractivity contribution in [3.8, 4) is 5.75 Å². The molecule has 0 saturated heterocycles. The molecule has 28 heavy (non-hydrogen) atoms. The Hall–Kier alpha value is -3.45. The van der Waals surface area contributed by atoms with Gasteiger partial charge in [0.05, 0.1) is 12.7 Å². The molecule has 1 amide bonds. The highest BCUT2D eigenvalue weighted by Crippen LogP contribution is 2.18. The Bertz CT molecular complexity index is 993. The van der Waals surface area contributed by atoms with Crippen LogP contribution in [0.1, 0.15) is 10.4 Å². The summed E-state index contributed by atoms with van der Waals surface area (Å²) in [5.74, 6) is -0.343. The number of halogens is 1. The standard InChI is InChI=1S/C21H18FN3O2S/c1-27-17-6-4-5-16(13-17)25-21(28)24-15-11-9-14(10-12-15)23-20(26)18-7-2-3-8-19(18)22/h2-13H,1H3,(H,23,26)(H2,24,25,28). The summed E-state index contributed by atoms with van der Waals surface area (Å²) in [5.41, 5.74) is 2.08. The number of anilines is 3. The van der Waals surface area contributed by atoms with Gasteiger partial charge in [-0.2, -0.15) is 0 Å². The summed E-state index contributed by atoms with van der Waals surface area (Å²) >= 11 is 5.30. The summed E-state index contributed by atoms with van der Waals surface area (Å²) in [6.07, 6.45) is 0. The first-order chi connectivity index (χ1) is 13.5. The van der Waals surface area contributed by atoms with Crippen LogP contribution in [0, 0.1) is 5.82 Å². The minimum atomic E-state index is -0.563. The number of carbonyl (C=O) groups excluding carboxylic acids is 1. The second-order valence-corrected chi connectivity index (χ2v) is 6.23. The summed E-state index contributed by atoms with van der Waals surface area (Å²) in [6.45, 7) is 0. The molecule has 0 bridgehead atoms. The number of benzene rings is 3. The normalized spacial score (nSPS) is 10.1. The van der Waals surface area contributed by atoms with E-state index >= 15 is 0 Å². The summed E-state index contributed by atoms with van der Waals surface area (Å²) in [5, 5.41) is 9.20. The van der Waals surface area contributed by atoms with E-state index in [1.807, 2.05) is 24.3 Å². The molecule has 3 N–H and O–H groups in total. The number of nitrogens with one attached hydrogen (secondary N) is 3. The third kappa shape index (κ3) is 5.05. The number of rotatable bonds is 5. The molecule has 3 rings (SSSR count). The number of methoxy groups -OCH3 is 1. The summed E-state index contributed by atoms with van der Waals surface area (Å²) in [4.78, 5) is 12.1. The number of carbonyl (C=O) groups is 1. The Kier molecular flexibility index (Phi) is 6.18. The van der Waals surface area contributed by atoms with E-state index in [-0.39, 0.29) is 5.56 Å². The van der Waals surface area contributed by atoms with Gasteiger partial charge in [-0.05, 0) is 60.7 Å². The fraction of sp³-hybridized carbons (Fsp3) is 0.0476. The van der Waals surface area contributed by atoms with Gasteiger partial charge in [-0.3, -0.25) is 4.79 Å². The largest absolute Gasteiger partial charge is 0.497 e. The average Bonchev–Trinajstić information content (AvgIpc) is 2.70. The highest BCUT2D eigenvalue weighted by atomic mass is 32.1. The van der Waals surface area contributed by atoms with Gasteiger partial charge in [0.15, 0.2) is 5.11 Å².